The molecule has 1 aliphatic heterocycles. The second-order valence-electron chi connectivity index (χ2n) is 7.66. The molecular formula is C21H27N5O. The molecule has 3 aromatic rings. The Balaban J connectivity index is 1.61. The van der Waals surface area contributed by atoms with Gasteiger partial charge in [0.15, 0.2) is 0 Å². The van der Waals surface area contributed by atoms with Crippen molar-refractivity contribution in [3.05, 3.63) is 57.5 Å². The molecule has 1 aliphatic rings. The highest BCUT2D eigenvalue weighted by molar-refractivity contribution is 5.75. The smallest absolute Gasteiger partial charge is 0.255 e. The van der Waals surface area contributed by atoms with Crippen molar-refractivity contribution in [1.82, 2.24) is 24.4 Å². The number of hydrogen-bond acceptors (Lipinski definition) is 4. The lowest BCUT2D eigenvalue weighted by Crippen LogP contribution is -2.36. The summed E-state index contributed by atoms with van der Waals surface area (Å²) in [5.41, 5.74) is 4.01. The van der Waals surface area contributed by atoms with Crippen LogP contribution in [-0.2, 0) is 26.1 Å². The molecule has 0 spiro atoms. The second-order valence-corrected chi connectivity index (χ2v) is 7.66. The van der Waals surface area contributed by atoms with Crippen molar-refractivity contribution < 1.29 is 0 Å². The van der Waals surface area contributed by atoms with Crippen LogP contribution in [0, 0.1) is 0 Å². The van der Waals surface area contributed by atoms with Gasteiger partial charge in [-0.25, -0.2) is 9.97 Å². The molecule has 0 aliphatic carbocycles. The first-order valence-corrected chi connectivity index (χ1v) is 9.85. The summed E-state index contributed by atoms with van der Waals surface area (Å²) in [5, 5.41) is 0. The Kier molecular flexibility index (Phi) is 4.83. The maximum atomic E-state index is 12.6. The van der Waals surface area contributed by atoms with Crippen molar-refractivity contribution in [2.24, 2.45) is 0 Å². The van der Waals surface area contributed by atoms with Gasteiger partial charge in [-0.1, -0.05) is 32.9 Å². The summed E-state index contributed by atoms with van der Waals surface area (Å²) < 4.78 is 2.31. The molecule has 0 fully saturated rings. The Morgan fingerprint density at radius 1 is 1.22 bits per heavy atom. The van der Waals surface area contributed by atoms with Gasteiger partial charge < -0.3 is 9.55 Å². The highest BCUT2D eigenvalue weighted by atomic mass is 16.1. The van der Waals surface area contributed by atoms with Gasteiger partial charge in [0.1, 0.15) is 11.6 Å². The molecule has 2 aromatic heterocycles. The van der Waals surface area contributed by atoms with E-state index in [1.165, 1.54) is 5.52 Å². The first-order valence-electron chi connectivity index (χ1n) is 9.85. The summed E-state index contributed by atoms with van der Waals surface area (Å²) in [6.45, 7) is 9.53. The van der Waals surface area contributed by atoms with E-state index in [-0.39, 0.29) is 11.5 Å². The topological polar surface area (TPSA) is 66.8 Å². The Labute approximate surface area is 159 Å². The van der Waals surface area contributed by atoms with Crippen molar-refractivity contribution in [3.63, 3.8) is 0 Å². The van der Waals surface area contributed by atoms with E-state index in [1.54, 1.807) is 0 Å². The maximum Gasteiger partial charge on any atom is 0.255 e. The molecule has 0 radical (unpaired) electrons. The molecule has 0 saturated heterocycles. The Morgan fingerprint density at radius 2 is 2.04 bits per heavy atom. The van der Waals surface area contributed by atoms with Crippen molar-refractivity contribution >= 4 is 11.0 Å². The minimum atomic E-state index is 0.00969. The number of imidazole rings is 1. The van der Waals surface area contributed by atoms with Crippen molar-refractivity contribution in [3.8, 4) is 0 Å². The number of aromatic nitrogens is 4. The van der Waals surface area contributed by atoms with Crippen LogP contribution in [0.5, 0.6) is 0 Å². The van der Waals surface area contributed by atoms with Crippen LogP contribution in [0.4, 0.5) is 0 Å². The standard InChI is InChI=1S/C21H27N5O/c1-4-10-26-18-8-6-5-7-17(18)22-19(26)13-25-11-9-16-15(12-25)21(27)24-20(23-16)14(2)3/h5-8,14H,4,9-13H2,1-3H3,(H,23,24,27). The molecule has 6 nitrogen and oxygen atoms in total. The van der Waals surface area contributed by atoms with Crippen LogP contribution >= 0.6 is 0 Å². The number of fused-ring (bicyclic) bond motifs is 2. The molecule has 1 N–H and O–H groups in total. The third-order valence-corrected chi connectivity index (χ3v) is 5.26. The van der Waals surface area contributed by atoms with Crippen molar-refractivity contribution in [2.75, 3.05) is 6.54 Å². The molecular weight excluding hydrogens is 338 g/mol. The summed E-state index contributed by atoms with van der Waals surface area (Å²) in [5.74, 6) is 2.09. The van der Waals surface area contributed by atoms with E-state index >= 15 is 0 Å². The monoisotopic (exact) mass is 365 g/mol. The Hall–Kier alpha value is -2.47. The molecule has 3 heterocycles. The number of nitrogens with one attached hydrogen (secondary N) is 1. The molecule has 27 heavy (non-hydrogen) atoms. The zero-order valence-corrected chi connectivity index (χ0v) is 16.3. The number of para-hydroxylation sites is 2. The van der Waals surface area contributed by atoms with Crippen LogP contribution in [0.1, 0.15) is 56.0 Å². The largest absolute Gasteiger partial charge is 0.327 e. The van der Waals surface area contributed by atoms with E-state index in [9.17, 15) is 4.79 Å². The average molecular weight is 365 g/mol. The number of nitrogens with zero attached hydrogens (tertiary/aromatic N) is 4. The van der Waals surface area contributed by atoms with Crippen LogP contribution in [0.2, 0.25) is 0 Å². The maximum absolute atomic E-state index is 12.6. The first kappa shape index (κ1) is 17.9. The fourth-order valence-electron chi connectivity index (χ4n) is 3.83. The van der Waals surface area contributed by atoms with E-state index < -0.39 is 0 Å². The fourth-order valence-corrected chi connectivity index (χ4v) is 3.83. The molecule has 4 rings (SSSR count). The van der Waals surface area contributed by atoms with E-state index in [1.807, 2.05) is 6.07 Å². The molecule has 1 aromatic carbocycles. The zero-order chi connectivity index (χ0) is 19.0. The summed E-state index contributed by atoms with van der Waals surface area (Å²) in [7, 11) is 0. The fraction of sp³-hybridized carbons (Fsp3) is 0.476. The van der Waals surface area contributed by atoms with Gasteiger partial charge in [-0.05, 0) is 18.6 Å². The molecule has 0 atom stereocenters. The van der Waals surface area contributed by atoms with Gasteiger partial charge >= 0.3 is 0 Å². The lowest BCUT2D eigenvalue weighted by molar-refractivity contribution is 0.232. The predicted molar refractivity (Wildman–Crippen MR) is 107 cm³/mol. The van der Waals surface area contributed by atoms with Gasteiger partial charge in [0.05, 0.1) is 28.8 Å². The molecule has 0 bridgehead atoms. The molecule has 142 valence electrons. The van der Waals surface area contributed by atoms with E-state index in [0.717, 1.165) is 60.9 Å². The lowest BCUT2D eigenvalue weighted by atomic mass is 10.1. The SMILES string of the molecule is CCCn1c(CN2CCc3nc(C(C)C)[nH]c(=O)c3C2)nc2ccccc21. The summed E-state index contributed by atoms with van der Waals surface area (Å²) in [6.07, 6.45) is 1.88. The summed E-state index contributed by atoms with van der Waals surface area (Å²) in [4.78, 5) is 27.4. The van der Waals surface area contributed by atoms with Crippen molar-refractivity contribution in [1.29, 1.82) is 0 Å². The Bertz CT molecular complexity index is 1020. The lowest BCUT2D eigenvalue weighted by Gasteiger charge is -2.27. The normalized spacial score (nSPS) is 14.8. The number of hydrogen-bond donors (Lipinski definition) is 1. The number of aryl methyl sites for hydroxylation is 1. The summed E-state index contributed by atoms with van der Waals surface area (Å²) >= 11 is 0. The molecule has 0 saturated carbocycles. The number of rotatable bonds is 5. The zero-order valence-electron chi connectivity index (χ0n) is 16.3. The van der Waals surface area contributed by atoms with E-state index in [2.05, 4.69) is 53.4 Å². The summed E-state index contributed by atoms with van der Waals surface area (Å²) in [6, 6.07) is 8.30. The molecule has 0 amide bonds. The quantitative estimate of drug-likeness (QED) is 0.754. The van der Waals surface area contributed by atoms with Crippen LogP contribution in [-0.4, -0.2) is 31.0 Å². The predicted octanol–water partition coefficient (Wildman–Crippen LogP) is 3.21. The van der Waals surface area contributed by atoms with Gasteiger partial charge in [-0.2, -0.15) is 0 Å². The number of benzene rings is 1. The third-order valence-electron chi connectivity index (χ3n) is 5.26. The second kappa shape index (κ2) is 7.27. The van der Waals surface area contributed by atoms with Crippen LogP contribution in [0.25, 0.3) is 11.0 Å². The van der Waals surface area contributed by atoms with E-state index in [4.69, 9.17) is 9.97 Å². The van der Waals surface area contributed by atoms with Gasteiger partial charge in [0.2, 0.25) is 0 Å². The highest BCUT2D eigenvalue weighted by Gasteiger charge is 2.23. The van der Waals surface area contributed by atoms with Gasteiger partial charge in [0.25, 0.3) is 5.56 Å². The van der Waals surface area contributed by atoms with Gasteiger partial charge in [-0.3, -0.25) is 9.69 Å². The van der Waals surface area contributed by atoms with Crippen LogP contribution in [0.15, 0.2) is 29.1 Å². The third kappa shape index (κ3) is 3.41. The minimum absolute atomic E-state index is 0.00969. The molecule has 0 unspecified atom stereocenters. The van der Waals surface area contributed by atoms with Gasteiger partial charge in [-0.15, -0.1) is 0 Å². The average Bonchev–Trinajstić information content (AvgIpc) is 3.00. The minimum Gasteiger partial charge on any atom is -0.327 e. The number of aromatic amines is 1. The first-order chi connectivity index (χ1) is 13.1. The van der Waals surface area contributed by atoms with E-state index in [0.29, 0.717) is 6.54 Å². The Morgan fingerprint density at radius 3 is 2.81 bits per heavy atom. The van der Waals surface area contributed by atoms with Crippen LogP contribution < -0.4 is 5.56 Å². The number of H-pyrrole nitrogens is 1. The highest BCUT2D eigenvalue weighted by Crippen LogP contribution is 2.21. The van der Waals surface area contributed by atoms with Crippen LogP contribution in [0.3, 0.4) is 0 Å². The van der Waals surface area contributed by atoms with Gasteiger partial charge in [0, 0.05) is 32.0 Å². The molecule has 6 heteroatoms. The van der Waals surface area contributed by atoms with Crippen molar-refractivity contribution in [2.45, 2.75) is 59.2 Å².